The predicted molar refractivity (Wildman–Crippen MR) is 98.4 cm³/mol. The van der Waals surface area contributed by atoms with Crippen LogP contribution in [0, 0.1) is 0 Å². The van der Waals surface area contributed by atoms with E-state index in [0.29, 0.717) is 31.1 Å². The van der Waals surface area contributed by atoms with Gasteiger partial charge in [0.1, 0.15) is 5.75 Å². The van der Waals surface area contributed by atoms with Gasteiger partial charge in [0.15, 0.2) is 0 Å². The van der Waals surface area contributed by atoms with Crippen LogP contribution in [0.25, 0.3) is 11.0 Å². The molecular formula is C19H18N4O3. The van der Waals surface area contributed by atoms with Crippen LogP contribution in [0.4, 0.5) is 11.6 Å². The lowest BCUT2D eigenvalue weighted by Crippen LogP contribution is -2.29. The largest absolute Gasteiger partial charge is 0.507 e. The Balaban J connectivity index is 1.69. The van der Waals surface area contributed by atoms with Crippen molar-refractivity contribution in [1.82, 2.24) is 9.55 Å². The molecule has 2 amide bonds. The monoisotopic (exact) mass is 350 g/mol. The predicted octanol–water partition coefficient (Wildman–Crippen LogP) is 2.75. The fourth-order valence-corrected chi connectivity index (χ4v) is 3.16. The summed E-state index contributed by atoms with van der Waals surface area (Å²) >= 11 is 0. The first-order valence-corrected chi connectivity index (χ1v) is 8.48. The summed E-state index contributed by atoms with van der Waals surface area (Å²) < 4.78 is 1.99. The summed E-state index contributed by atoms with van der Waals surface area (Å²) in [7, 11) is 0. The lowest BCUT2D eigenvalue weighted by atomic mass is 10.1. The van der Waals surface area contributed by atoms with Crippen LogP contribution >= 0.6 is 0 Å². The molecule has 26 heavy (non-hydrogen) atoms. The second-order valence-corrected chi connectivity index (χ2v) is 6.14. The summed E-state index contributed by atoms with van der Waals surface area (Å²) in [5.74, 6) is -0.0566. The minimum atomic E-state index is -0.343. The highest BCUT2D eigenvalue weighted by atomic mass is 16.3. The van der Waals surface area contributed by atoms with Gasteiger partial charge in [-0.1, -0.05) is 19.1 Å². The summed E-state index contributed by atoms with van der Waals surface area (Å²) in [5, 5.41) is 12.9. The number of fused-ring (bicyclic) bond motifs is 3. The van der Waals surface area contributed by atoms with E-state index in [1.807, 2.05) is 28.8 Å². The number of para-hydroxylation sites is 2. The zero-order chi connectivity index (χ0) is 18.3. The molecule has 1 aromatic heterocycles. The van der Waals surface area contributed by atoms with Gasteiger partial charge in [-0.15, -0.1) is 0 Å². The van der Waals surface area contributed by atoms with Crippen molar-refractivity contribution < 1.29 is 14.7 Å². The minimum absolute atomic E-state index is 0.126. The number of carbonyl (C=O) groups excluding carboxylic acids is 2. The first-order chi connectivity index (χ1) is 12.6. The van der Waals surface area contributed by atoms with Gasteiger partial charge in [0.05, 0.1) is 16.6 Å². The van der Waals surface area contributed by atoms with Gasteiger partial charge >= 0.3 is 0 Å². The minimum Gasteiger partial charge on any atom is -0.507 e. The second-order valence-electron chi connectivity index (χ2n) is 6.14. The van der Waals surface area contributed by atoms with Gasteiger partial charge in [-0.25, -0.2) is 4.98 Å². The molecule has 0 aliphatic carbocycles. The van der Waals surface area contributed by atoms with Crippen molar-refractivity contribution in [2.24, 2.45) is 0 Å². The van der Waals surface area contributed by atoms with Gasteiger partial charge in [0.2, 0.25) is 11.9 Å². The van der Waals surface area contributed by atoms with E-state index in [-0.39, 0.29) is 23.1 Å². The Kier molecular flexibility index (Phi) is 3.84. The van der Waals surface area contributed by atoms with Gasteiger partial charge < -0.3 is 15.0 Å². The normalized spacial score (nSPS) is 13.0. The summed E-state index contributed by atoms with van der Waals surface area (Å²) in [4.78, 5) is 30.7. The number of aromatic nitrogens is 2. The second kappa shape index (κ2) is 6.18. The van der Waals surface area contributed by atoms with Crippen molar-refractivity contribution >= 4 is 34.5 Å². The summed E-state index contributed by atoms with van der Waals surface area (Å²) in [5.41, 5.74) is 2.42. The van der Waals surface area contributed by atoms with Crippen LogP contribution in [0.2, 0.25) is 0 Å². The van der Waals surface area contributed by atoms with Gasteiger partial charge in [-0.05, 0) is 30.3 Å². The van der Waals surface area contributed by atoms with Gasteiger partial charge in [-0.2, -0.15) is 0 Å². The molecule has 0 atom stereocenters. The lowest BCUT2D eigenvalue weighted by molar-refractivity contribution is -0.115. The van der Waals surface area contributed by atoms with Crippen LogP contribution in [0.15, 0.2) is 42.5 Å². The standard InChI is InChI=1S/C19H18N4O3/c1-2-17(25)20-12-7-8-16(24)13(11-12)18(26)23-10-9-22-15-6-4-3-5-14(15)21-19(22)23/h3-8,11,24H,2,9-10H2,1H3,(H,20,25). The summed E-state index contributed by atoms with van der Waals surface area (Å²) in [6.07, 6.45) is 0.334. The molecule has 0 radical (unpaired) electrons. The van der Waals surface area contributed by atoms with E-state index in [2.05, 4.69) is 10.3 Å². The maximum atomic E-state index is 13.0. The molecule has 132 valence electrons. The van der Waals surface area contributed by atoms with Gasteiger partial charge in [0, 0.05) is 25.2 Å². The van der Waals surface area contributed by atoms with Crippen molar-refractivity contribution in [3.63, 3.8) is 0 Å². The zero-order valence-corrected chi connectivity index (χ0v) is 14.3. The first-order valence-electron chi connectivity index (χ1n) is 8.48. The molecule has 0 unspecified atom stereocenters. The third-order valence-corrected chi connectivity index (χ3v) is 4.50. The van der Waals surface area contributed by atoms with Crippen LogP contribution < -0.4 is 10.2 Å². The number of hydrogen-bond donors (Lipinski definition) is 2. The number of phenolic OH excluding ortho intramolecular Hbond substituents is 1. The van der Waals surface area contributed by atoms with E-state index in [9.17, 15) is 14.7 Å². The van der Waals surface area contributed by atoms with E-state index in [1.54, 1.807) is 17.9 Å². The van der Waals surface area contributed by atoms with E-state index in [0.717, 1.165) is 11.0 Å². The molecule has 7 nitrogen and oxygen atoms in total. The number of aromatic hydroxyl groups is 1. The molecule has 1 aliphatic rings. The molecule has 2 heterocycles. The molecule has 0 bridgehead atoms. The molecule has 7 heteroatoms. The number of nitrogens with zero attached hydrogens (tertiary/aromatic N) is 3. The van der Waals surface area contributed by atoms with Crippen molar-refractivity contribution in [1.29, 1.82) is 0 Å². The molecule has 2 aromatic carbocycles. The van der Waals surface area contributed by atoms with E-state index < -0.39 is 0 Å². The summed E-state index contributed by atoms with van der Waals surface area (Å²) in [6, 6.07) is 12.2. The van der Waals surface area contributed by atoms with Crippen molar-refractivity contribution in [2.75, 3.05) is 16.8 Å². The molecule has 2 N–H and O–H groups in total. The molecule has 1 aliphatic heterocycles. The number of rotatable bonds is 3. The number of amides is 2. The maximum absolute atomic E-state index is 13.0. The van der Waals surface area contributed by atoms with Crippen molar-refractivity contribution in [2.45, 2.75) is 19.9 Å². The van der Waals surface area contributed by atoms with Crippen LogP contribution in [-0.2, 0) is 11.3 Å². The first kappa shape index (κ1) is 16.1. The SMILES string of the molecule is CCC(=O)Nc1ccc(O)c(C(=O)N2CCn3c2nc2ccccc23)c1. The highest BCUT2D eigenvalue weighted by molar-refractivity contribution is 6.09. The van der Waals surface area contributed by atoms with Crippen molar-refractivity contribution in [3.8, 4) is 5.75 Å². The average molecular weight is 350 g/mol. The van der Waals surface area contributed by atoms with Crippen LogP contribution in [0.5, 0.6) is 5.75 Å². The Morgan fingerprint density at radius 3 is 2.81 bits per heavy atom. The number of hydrogen-bond acceptors (Lipinski definition) is 4. The van der Waals surface area contributed by atoms with Crippen LogP contribution in [0.3, 0.4) is 0 Å². The highest BCUT2D eigenvalue weighted by Gasteiger charge is 2.30. The topological polar surface area (TPSA) is 87.5 Å². The van der Waals surface area contributed by atoms with Crippen LogP contribution in [0.1, 0.15) is 23.7 Å². The Hall–Kier alpha value is -3.35. The number of benzene rings is 2. The molecule has 0 fully saturated rings. The molecular weight excluding hydrogens is 332 g/mol. The van der Waals surface area contributed by atoms with Gasteiger partial charge in [0.25, 0.3) is 5.91 Å². The highest BCUT2D eigenvalue weighted by Crippen LogP contribution is 2.30. The fourth-order valence-electron chi connectivity index (χ4n) is 3.16. The van der Waals surface area contributed by atoms with E-state index in [1.165, 1.54) is 12.1 Å². The summed E-state index contributed by atoms with van der Waals surface area (Å²) in [6.45, 7) is 2.88. The Bertz CT molecular complexity index is 1020. The third kappa shape index (κ3) is 2.57. The average Bonchev–Trinajstić information content (AvgIpc) is 3.21. The number of imidazole rings is 1. The quantitative estimate of drug-likeness (QED) is 0.711. The van der Waals surface area contributed by atoms with Crippen LogP contribution in [-0.4, -0.2) is 33.0 Å². The smallest absolute Gasteiger partial charge is 0.264 e. The molecule has 0 saturated heterocycles. The molecule has 4 rings (SSSR count). The lowest BCUT2D eigenvalue weighted by Gasteiger charge is -2.15. The molecule has 0 saturated carbocycles. The fraction of sp³-hybridized carbons (Fsp3) is 0.211. The Labute approximate surface area is 149 Å². The maximum Gasteiger partial charge on any atom is 0.264 e. The number of carbonyl (C=O) groups is 2. The number of nitrogens with one attached hydrogen (secondary N) is 1. The Morgan fingerprint density at radius 1 is 1.19 bits per heavy atom. The number of phenols is 1. The third-order valence-electron chi connectivity index (χ3n) is 4.50. The van der Waals surface area contributed by atoms with E-state index in [4.69, 9.17) is 0 Å². The zero-order valence-electron chi connectivity index (χ0n) is 14.3. The Morgan fingerprint density at radius 2 is 2.00 bits per heavy atom. The molecule has 3 aromatic rings. The number of anilines is 2. The molecule has 0 spiro atoms. The van der Waals surface area contributed by atoms with E-state index >= 15 is 0 Å². The van der Waals surface area contributed by atoms with Crippen molar-refractivity contribution in [3.05, 3.63) is 48.0 Å². The van der Waals surface area contributed by atoms with Gasteiger partial charge in [-0.3, -0.25) is 14.5 Å².